The third kappa shape index (κ3) is 2.96. The molecule has 15 heavy (non-hydrogen) atoms. The van der Waals surface area contributed by atoms with Crippen molar-refractivity contribution >= 4 is 0 Å². The molecule has 0 aliphatic heterocycles. The van der Waals surface area contributed by atoms with Gasteiger partial charge in [-0.05, 0) is 69.6 Å². The monoisotopic (exact) mass is 204 g/mol. The van der Waals surface area contributed by atoms with Crippen LogP contribution < -0.4 is 0 Å². The van der Waals surface area contributed by atoms with Crippen LogP contribution in [0.15, 0.2) is 24.3 Å². The lowest BCUT2D eigenvalue weighted by molar-refractivity contribution is 0.296. The summed E-state index contributed by atoms with van der Waals surface area (Å²) in [6.45, 7) is 3.85. The van der Waals surface area contributed by atoms with Gasteiger partial charge in [-0.15, -0.1) is 6.58 Å². The molecular weight excluding hydrogens is 180 g/mol. The summed E-state index contributed by atoms with van der Waals surface area (Å²) in [5.74, 6) is 1.90. The van der Waals surface area contributed by atoms with Crippen molar-refractivity contribution in [2.75, 3.05) is 0 Å². The Morgan fingerprint density at radius 1 is 1.20 bits per heavy atom. The quantitative estimate of drug-likeness (QED) is 0.575. The maximum Gasteiger partial charge on any atom is -0.0203 e. The number of allylic oxidation sites excluding steroid dienone is 3. The smallest absolute Gasteiger partial charge is 0.0203 e. The second-order valence-corrected chi connectivity index (χ2v) is 5.27. The predicted molar refractivity (Wildman–Crippen MR) is 66.8 cm³/mol. The molecule has 0 saturated heterocycles. The van der Waals surface area contributed by atoms with Crippen molar-refractivity contribution in [2.45, 2.75) is 57.8 Å². The molecule has 84 valence electrons. The second-order valence-electron chi connectivity index (χ2n) is 5.27. The van der Waals surface area contributed by atoms with E-state index in [-0.39, 0.29) is 0 Å². The molecule has 0 heteroatoms. The summed E-state index contributed by atoms with van der Waals surface area (Å²) < 4.78 is 0. The first-order valence-electron chi connectivity index (χ1n) is 6.70. The van der Waals surface area contributed by atoms with Gasteiger partial charge in [-0.1, -0.05) is 17.7 Å². The molecule has 0 aromatic rings. The summed E-state index contributed by atoms with van der Waals surface area (Å²) in [5, 5.41) is 0. The minimum Gasteiger partial charge on any atom is -0.103 e. The first-order chi connectivity index (χ1) is 7.40. The van der Waals surface area contributed by atoms with E-state index in [1.165, 1.54) is 57.8 Å². The fraction of sp³-hybridized carbons (Fsp3) is 0.733. The Bertz CT molecular complexity index is 228. The molecule has 0 nitrogen and oxygen atoms in total. The van der Waals surface area contributed by atoms with Crippen molar-refractivity contribution in [3.63, 3.8) is 0 Å². The van der Waals surface area contributed by atoms with Crippen LogP contribution in [-0.2, 0) is 0 Å². The van der Waals surface area contributed by atoms with Crippen LogP contribution in [0.1, 0.15) is 57.8 Å². The molecule has 0 N–H and O–H groups in total. The van der Waals surface area contributed by atoms with E-state index in [0.717, 1.165) is 11.8 Å². The SMILES string of the molecule is C=CCC1CCC(C2=CCCCC2)CC1. The minimum absolute atomic E-state index is 0.947. The van der Waals surface area contributed by atoms with Crippen molar-refractivity contribution in [3.05, 3.63) is 24.3 Å². The molecule has 1 saturated carbocycles. The zero-order valence-corrected chi connectivity index (χ0v) is 9.88. The highest BCUT2D eigenvalue weighted by Gasteiger charge is 2.23. The van der Waals surface area contributed by atoms with Crippen molar-refractivity contribution in [1.29, 1.82) is 0 Å². The van der Waals surface area contributed by atoms with Crippen molar-refractivity contribution in [2.24, 2.45) is 11.8 Å². The lowest BCUT2D eigenvalue weighted by atomic mass is 9.75. The molecule has 2 aliphatic rings. The van der Waals surface area contributed by atoms with Gasteiger partial charge >= 0.3 is 0 Å². The van der Waals surface area contributed by atoms with Gasteiger partial charge in [0.15, 0.2) is 0 Å². The fourth-order valence-electron chi connectivity index (χ4n) is 3.24. The van der Waals surface area contributed by atoms with Crippen molar-refractivity contribution in [3.8, 4) is 0 Å². The molecule has 0 aromatic heterocycles. The van der Waals surface area contributed by atoms with Crippen LogP contribution in [-0.4, -0.2) is 0 Å². The number of hydrogen-bond acceptors (Lipinski definition) is 0. The average Bonchev–Trinajstić information content (AvgIpc) is 2.32. The van der Waals surface area contributed by atoms with E-state index in [4.69, 9.17) is 0 Å². The first kappa shape index (κ1) is 11.0. The van der Waals surface area contributed by atoms with E-state index < -0.39 is 0 Å². The van der Waals surface area contributed by atoms with E-state index in [1.54, 1.807) is 5.57 Å². The largest absolute Gasteiger partial charge is 0.103 e. The Morgan fingerprint density at radius 2 is 2.00 bits per heavy atom. The molecule has 0 bridgehead atoms. The van der Waals surface area contributed by atoms with Crippen LogP contribution in [0.4, 0.5) is 0 Å². The molecule has 0 amide bonds. The highest BCUT2D eigenvalue weighted by Crippen LogP contribution is 2.37. The van der Waals surface area contributed by atoms with Crippen molar-refractivity contribution in [1.82, 2.24) is 0 Å². The zero-order chi connectivity index (χ0) is 10.5. The molecular formula is C15H24. The van der Waals surface area contributed by atoms with Gasteiger partial charge in [-0.3, -0.25) is 0 Å². The molecule has 1 fully saturated rings. The third-order valence-electron chi connectivity index (χ3n) is 4.20. The Labute approximate surface area is 94.5 Å². The van der Waals surface area contributed by atoms with Gasteiger partial charge in [0, 0.05) is 0 Å². The standard InChI is InChI=1S/C15H24/c1-2-6-13-9-11-15(12-10-13)14-7-4-3-5-8-14/h2,7,13,15H,1,3-6,8-12H2. The van der Waals surface area contributed by atoms with Crippen LogP contribution >= 0.6 is 0 Å². The molecule has 2 rings (SSSR count). The second kappa shape index (κ2) is 5.53. The summed E-state index contributed by atoms with van der Waals surface area (Å²) in [5.41, 5.74) is 1.80. The van der Waals surface area contributed by atoms with Crippen LogP contribution in [0.3, 0.4) is 0 Å². The fourth-order valence-corrected chi connectivity index (χ4v) is 3.24. The summed E-state index contributed by atoms with van der Waals surface area (Å²) in [4.78, 5) is 0. The van der Waals surface area contributed by atoms with Crippen LogP contribution in [0.5, 0.6) is 0 Å². The summed E-state index contributed by atoms with van der Waals surface area (Å²) in [7, 11) is 0. The molecule has 0 aromatic carbocycles. The average molecular weight is 204 g/mol. The Balaban J connectivity index is 1.82. The van der Waals surface area contributed by atoms with Gasteiger partial charge in [0.25, 0.3) is 0 Å². The van der Waals surface area contributed by atoms with Gasteiger partial charge in [0.2, 0.25) is 0 Å². The van der Waals surface area contributed by atoms with E-state index in [2.05, 4.69) is 18.7 Å². The maximum atomic E-state index is 3.85. The maximum absolute atomic E-state index is 3.85. The Hall–Kier alpha value is -0.520. The Kier molecular flexibility index (Phi) is 4.05. The minimum atomic E-state index is 0.947. The molecule has 2 aliphatic carbocycles. The van der Waals surface area contributed by atoms with Gasteiger partial charge in [-0.25, -0.2) is 0 Å². The van der Waals surface area contributed by atoms with E-state index in [1.807, 2.05) is 0 Å². The Morgan fingerprint density at radius 3 is 2.60 bits per heavy atom. The van der Waals surface area contributed by atoms with Gasteiger partial charge < -0.3 is 0 Å². The summed E-state index contributed by atoms with van der Waals surface area (Å²) >= 11 is 0. The molecule has 0 unspecified atom stereocenters. The highest BCUT2D eigenvalue weighted by molar-refractivity contribution is 5.10. The lowest BCUT2D eigenvalue weighted by Crippen LogP contribution is -2.16. The first-order valence-corrected chi connectivity index (χ1v) is 6.70. The topological polar surface area (TPSA) is 0 Å². The zero-order valence-electron chi connectivity index (χ0n) is 9.88. The van der Waals surface area contributed by atoms with Crippen LogP contribution in [0.25, 0.3) is 0 Å². The molecule has 0 spiro atoms. The number of rotatable bonds is 3. The lowest BCUT2D eigenvalue weighted by Gasteiger charge is -2.31. The highest BCUT2D eigenvalue weighted by atomic mass is 14.3. The third-order valence-corrected chi connectivity index (χ3v) is 4.20. The van der Waals surface area contributed by atoms with E-state index >= 15 is 0 Å². The van der Waals surface area contributed by atoms with Gasteiger partial charge in [-0.2, -0.15) is 0 Å². The molecule has 0 atom stereocenters. The molecule has 0 heterocycles. The van der Waals surface area contributed by atoms with E-state index in [9.17, 15) is 0 Å². The van der Waals surface area contributed by atoms with Gasteiger partial charge in [0.05, 0.1) is 0 Å². The normalized spacial score (nSPS) is 32.1. The van der Waals surface area contributed by atoms with Crippen LogP contribution in [0, 0.1) is 11.8 Å². The number of hydrogen-bond donors (Lipinski definition) is 0. The summed E-state index contributed by atoms with van der Waals surface area (Å²) in [6, 6.07) is 0. The predicted octanol–water partition coefficient (Wildman–Crippen LogP) is 4.87. The van der Waals surface area contributed by atoms with Crippen LogP contribution in [0.2, 0.25) is 0 Å². The molecule has 0 radical (unpaired) electrons. The van der Waals surface area contributed by atoms with E-state index in [0.29, 0.717) is 0 Å². The van der Waals surface area contributed by atoms with Crippen molar-refractivity contribution < 1.29 is 0 Å². The van der Waals surface area contributed by atoms with Gasteiger partial charge in [0.1, 0.15) is 0 Å². The summed E-state index contributed by atoms with van der Waals surface area (Å²) in [6.07, 6.45) is 17.3.